The first-order valence-corrected chi connectivity index (χ1v) is 11.1. The molecule has 0 bridgehead atoms. The first kappa shape index (κ1) is 19.2. The van der Waals surface area contributed by atoms with Crippen molar-refractivity contribution in [3.8, 4) is 0 Å². The third kappa shape index (κ3) is 5.45. The average Bonchev–Trinajstić information content (AvgIpc) is 3.43. The summed E-state index contributed by atoms with van der Waals surface area (Å²) in [7, 11) is 0. The number of unbranched alkanes of at least 4 members (excludes halogenated alkanes) is 4. The van der Waals surface area contributed by atoms with Crippen LogP contribution in [0.5, 0.6) is 0 Å². The van der Waals surface area contributed by atoms with Crippen LogP contribution in [-0.4, -0.2) is 23.3 Å². The van der Waals surface area contributed by atoms with E-state index in [1.54, 1.807) is 0 Å². The van der Waals surface area contributed by atoms with Gasteiger partial charge in [0.15, 0.2) is 6.10 Å². The second-order valence-corrected chi connectivity index (χ2v) is 9.02. The van der Waals surface area contributed by atoms with Crippen LogP contribution in [0.2, 0.25) is 0 Å². The molecule has 3 aliphatic rings. The molecule has 1 saturated heterocycles. The van der Waals surface area contributed by atoms with E-state index in [9.17, 15) is 4.79 Å². The van der Waals surface area contributed by atoms with Gasteiger partial charge in [0.2, 0.25) is 0 Å². The Bertz CT molecular complexity index is 405. The molecule has 1 N–H and O–H groups in total. The van der Waals surface area contributed by atoms with Gasteiger partial charge < -0.3 is 9.84 Å². The Kier molecular flexibility index (Phi) is 7.21. The number of carboxylic acids is 1. The van der Waals surface area contributed by atoms with Gasteiger partial charge in [0.05, 0.1) is 6.10 Å². The molecule has 2 atom stereocenters. The molecule has 1 heterocycles. The van der Waals surface area contributed by atoms with E-state index in [0.29, 0.717) is 5.92 Å². The number of aliphatic carboxylic acids is 1. The third-order valence-electron chi connectivity index (χ3n) is 7.32. The summed E-state index contributed by atoms with van der Waals surface area (Å²) < 4.78 is 5.38. The highest BCUT2D eigenvalue weighted by atomic mass is 16.6. The topological polar surface area (TPSA) is 49.8 Å². The van der Waals surface area contributed by atoms with E-state index in [-0.39, 0.29) is 6.10 Å². The molecule has 0 radical (unpaired) electrons. The summed E-state index contributed by atoms with van der Waals surface area (Å²) in [5.74, 6) is 2.61. The van der Waals surface area contributed by atoms with Crippen LogP contribution in [0.1, 0.15) is 96.8 Å². The predicted molar refractivity (Wildman–Crippen MR) is 101 cm³/mol. The molecule has 25 heavy (non-hydrogen) atoms. The van der Waals surface area contributed by atoms with Crippen molar-refractivity contribution in [1.82, 2.24) is 0 Å². The molecular weight excluding hydrogens is 312 g/mol. The first-order chi connectivity index (χ1) is 12.2. The lowest BCUT2D eigenvalue weighted by Crippen LogP contribution is -2.28. The smallest absolute Gasteiger partial charge is 0.335 e. The maximum atomic E-state index is 11.0. The van der Waals surface area contributed by atoms with Gasteiger partial charge in [0.25, 0.3) is 0 Å². The molecule has 2 aliphatic carbocycles. The van der Waals surface area contributed by atoms with Crippen LogP contribution >= 0.6 is 0 Å². The van der Waals surface area contributed by atoms with E-state index >= 15 is 0 Å². The summed E-state index contributed by atoms with van der Waals surface area (Å²) in [6.45, 7) is 2.29. The Morgan fingerprint density at radius 2 is 1.40 bits per heavy atom. The predicted octanol–water partition coefficient (Wildman–Crippen LogP) is 5.81. The zero-order valence-electron chi connectivity index (χ0n) is 16.1. The van der Waals surface area contributed by atoms with E-state index in [2.05, 4.69) is 6.92 Å². The summed E-state index contributed by atoms with van der Waals surface area (Å²) in [6.07, 6.45) is 18.9. The Morgan fingerprint density at radius 1 is 0.840 bits per heavy atom. The molecule has 3 heteroatoms. The average molecular weight is 351 g/mol. The van der Waals surface area contributed by atoms with Crippen molar-refractivity contribution in [3.63, 3.8) is 0 Å². The van der Waals surface area contributed by atoms with Gasteiger partial charge in [-0.3, -0.25) is 0 Å². The van der Waals surface area contributed by atoms with Gasteiger partial charge in [-0.2, -0.15) is 0 Å². The third-order valence-corrected chi connectivity index (χ3v) is 7.32. The maximum Gasteiger partial charge on any atom is 0.335 e. The Hall–Kier alpha value is -0.570. The van der Waals surface area contributed by atoms with Gasteiger partial charge >= 0.3 is 5.97 Å². The molecule has 0 aromatic rings. The van der Waals surface area contributed by atoms with Crippen LogP contribution in [0.3, 0.4) is 0 Å². The second-order valence-electron chi connectivity index (χ2n) is 9.02. The molecule has 0 unspecified atom stereocenters. The number of ether oxygens (including phenoxy) is 1. The SMILES string of the molecule is CCCCCCCC1CCC(C2CCC([C@@H]3O[C@H]3C(=O)O)CC2)CC1. The van der Waals surface area contributed by atoms with E-state index in [4.69, 9.17) is 9.84 Å². The molecule has 0 aromatic heterocycles. The molecular formula is C22H38O3. The number of carboxylic acid groups (broad SMARTS) is 1. The van der Waals surface area contributed by atoms with Gasteiger partial charge in [-0.25, -0.2) is 4.79 Å². The zero-order chi connectivity index (χ0) is 17.6. The van der Waals surface area contributed by atoms with E-state index in [1.807, 2.05) is 0 Å². The van der Waals surface area contributed by atoms with E-state index in [0.717, 1.165) is 17.8 Å². The fourth-order valence-corrected chi connectivity index (χ4v) is 5.61. The second kappa shape index (κ2) is 9.39. The summed E-state index contributed by atoms with van der Waals surface area (Å²) >= 11 is 0. The largest absolute Gasteiger partial charge is 0.479 e. The summed E-state index contributed by atoms with van der Waals surface area (Å²) in [6, 6.07) is 0. The highest BCUT2D eigenvalue weighted by molar-refractivity contribution is 5.75. The van der Waals surface area contributed by atoms with Crippen LogP contribution in [0.25, 0.3) is 0 Å². The quantitative estimate of drug-likeness (QED) is 0.421. The molecule has 2 saturated carbocycles. The van der Waals surface area contributed by atoms with Crippen molar-refractivity contribution in [2.75, 3.05) is 0 Å². The minimum Gasteiger partial charge on any atom is -0.479 e. The summed E-state index contributed by atoms with van der Waals surface area (Å²) in [5.41, 5.74) is 0. The lowest BCUT2D eigenvalue weighted by atomic mass is 9.68. The van der Waals surface area contributed by atoms with Crippen LogP contribution in [0, 0.1) is 23.7 Å². The lowest BCUT2D eigenvalue weighted by molar-refractivity contribution is -0.138. The van der Waals surface area contributed by atoms with Crippen LogP contribution in [-0.2, 0) is 9.53 Å². The van der Waals surface area contributed by atoms with Crippen molar-refractivity contribution < 1.29 is 14.6 Å². The highest BCUT2D eigenvalue weighted by Crippen LogP contribution is 2.45. The minimum absolute atomic E-state index is 0.0295. The Morgan fingerprint density at radius 3 is 1.96 bits per heavy atom. The number of carbonyl (C=O) groups is 1. The minimum atomic E-state index is -0.764. The van der Waals surface area contributed by atoms with Crippen LogP contribution in [0.15, 0.2) is 0 Å². The molecule has 0 aromatic carbocycles. The van der Waals surface area contributed by atoms with Crippen molar-refractivity contribution in [1.29, 1.82) is 0 Å². The fourth-order valence-electron chi connectivity index (χ4n) is 5.61. The number of hydrogen-bond acceptors (Lipinski definition) is 2. The maximum absolute atomic E-state index is 11.0. The van der Waals surface area contributed by atoms with Crippen molar-refractivity contribution in [3.05, 3.63) is 0 Å². The van der Waals surface area contributed by atoms with Gasteiger partial charge in [-0.15, -0.1) is 0 Å². The summed E-state index contributed by atoms with van der Waals surface area (Å²) in [4.78, 5) is 11.0. The monoisotopic (exact) mass is 350 g/mol. The number of hydrogen-bond donors (Lipinski definition) is 1. The molecule has 1 aliphatic heterocycles. The summed E-state index contributed by atoms with van der Waals surface area (Å²) in [5, 5.41) is 9.01. The standard InChI is InChI=1S/C22H38O3/c1-2-3-4-5-6-7-16-8-10-17(11-9-16)18-12-14-19(15-13-18)20-21(25-20)22(23)24/h16-21H,2-15H2,1H3,(H,23,24)/t16?,17?,18?,19?,20-,21+/m0/s1. The fraction of sp³-hybridized carbons (Fsp3) is 0.955. The zero-order valence-corrected chi connectivity index (χ0v) is 16.1. The molecule has 3 fully saturated rings. The first-order valence-electron chi connectivity index (χ1n) is 11.1. The van der Waals surface area contributed by atoms with Crippen molar-refractivity contribution >= 4 is 5.97 Å². The Labute approximate surface area is 153 Å². The highest BCUT2D eigenvalue weighted by Gasteiger charge is 2.50. The van der Waals surface area contributed by atoms with Crippen LogP contribution in [0.4, 0.5) is 0 Å². The number of rotatable bonds is 9. The van der Waals surface area contributed by atoms with Crippen LogP contribution < -0.4 is 0 Å². The van der Waals surface area contributed by atoms with E-state index in [1.165, 1.54) is 89.9 Å². The van der Waals surface area contributed by atoms with E-state index < -0.39 is 12.1 Å². The molecule has 144 valence electrons. The molecule has 0 spiro atoms. The van der Waals surface area contributed by atoms with Gasteiger partial charge in [-0.05, 0) is 62.2 Å². The molecule has 3 rings (SSSR count). The van der Waals surface area contributed by atoms with Gasteiger partial charge in [0.1, 0.15) is 0 Å². The Balaban J connectivity index is 1.28. The van der Waals surface area contributed by atoms with Gasteiger partial charge in [-0.1, -0.05) is 58.3 Å². The van der Waals surface area contributed by atoms with Crippen molar-refractivity contribution in [2.24, 2.45) is 23.7 Å². The molecule has 0 amide bonds. The number of epoxide rings is 1. The van der Waals surface area contributed by atoms with Gasteiger partial charge in [0, 0.05) is 0 Å². The normalized spacial score (nSPS) is 38.4. The molecule has 3 nitrogen and oxygen atoms in total. The van der Waals surface area contributed by atoms with Crippen molar-refractivity contribution in [2.45, 2.75) is 109 Å². The lowest BCUT2D eigenvalue weighted by Gasteiger charge is -2.37.